The first kappa shape index (κ1) is 12.3. The predicted molar refractivity (Wildman–Crippen MR) is 66.8 cm³/mol. The minimum atomic E-state index is -1.32. The van der Waals surface area contributed by atoms with Crippen molar-refractivity contribution in [3.63, 3.8) is 0 Å². The van der Waals surface area contributed by atoms with Gasteiger partial charge in [-0.15, -0.1) is 0 Å². The van der Waals surface area contributed by atoms with Crippen LogP contribution in [0.5, 0.6) is 0 Å². The Bertz CT molecular complexity index is 492. The van der Waals surface area contributed by atoms with Gasteiger partial charge in [0.2, 0.25) is 5.43 Å². The van der Waals surface area contributed by atoms with E-state index >= 15 is 0 Å². The van der Waals surface area contributed by atoms with Crippen LogP contribution in [0, 0.1) is 0 Å². The van der Waals surface area contributed by atoms with Crippen LogP contribution in [0.25, 0.3) is 0 Å². The molecule has 1 fully saturated rings. The van der Waals surface area contributed by atoms with Crippen molar-refractivity contribution in [2.45, 2.75) is 31.3 Å². The molecule has 3 N–H and O–H groups in total. The number of hydrogen-bond donors (Lipinski definition) is 3. The van der Waals surface area contributed by atoms with Gasteiger partial charge in [0, 0.05) is 12.4 Å². The van der Waals surface area contributed by atoms with E-state index in [1.54, 1.807) is 0 Å². The lowest BCUT2D eigenvalue weighted by atomic mass is 10.0. The number of aromatic amines is 1. The van der Waals surface area contributed by atoms with Crippen LogP contribution >= 0.6 is 15.9 Å². The summed E-state index contributed by atoms with van der Waals surface area (Å²) in [6.07, 6.45) is 5.46. The van der Waals surface area contributed by atoms with Gasteiger partial charge in [0.15, 0.2) is 0 Å². The first-order valence-electron chi connectivity index (χ1n) is 5.43. The van der Waals surface area contributed by atoms with Crippen molar-refractivity contribution in [2.24, 2.45) is 0 Å². The summed E-state index contributed by atoms with van der Waals surface area (Å²) in [6, 6.07) is 0. The maximum Gasteiger partial charge on any atom is 0.256 e. The Labute approximate surface area is 106 Å². The number of amides is 1. The molecular formula is C11H13BrN2O3. The number of nitrogens with one attached hydrogen (secondary N) is 2. The zero-order valence-corrected chi connectivity index (χ0v) is 10.7. The van der Waals surface area contributed by atoms with Crippen LogP contribution in [-0.2, 0) is 4.79 Å². The van der Waals surface area contributed by atoms with Gasteiger partial charge in [-0.1, -0.05) is 0 Å². The van der Waals surface area contributed by atoms with E-state index in [1.807, 2.05) is 0 Å². The Balaban J connectivity index is 2.19. The summed E-state index contributed by atoms with van der Waals surface area (Å²) in [7, 11) is 0. The van der Waals surface area contributed by atoms with Gasteiger partial charge in [0.1, 0.15) is 11.3 Å². The molecule has 0 saturated heterocycles. The number of pyridine rings is 1. The average molecular weight is 301 g/mol. The van der Waals surface area contributed by atoms with Crippen molar-refractivity contribution in [1.29, 1.82) is 0 Å². The Morgan fingerprint density at radius 1 is 1.41 bits per heavy atom. The highest BCUT2D eigenvalue weighted by molar-refractivity contribution is 9.10. The maximum atomic E-state index is 11.9. The molecule has 1 saturated carbocycles. The number of rotatable bonds is 2. The molecule has 5 nitrogen and oxygen atoms in total. The largest absolute Gasteiger partial charge is 0.380 e. The molecule has 1 aliphatic carbocycles. The van der Waals surface area contributed by atoms with E-state index in [4.69, 9.17) is 0 Å². The van der Waals surface area contributed by atoms with E-state index in [-0.39, 0.29) is 11.1 Å². The third kappa shape index (κ3) is 2.42. The van der Waals surface area contributed by atoms with Crippen LogP contribution in [0.2, 0.25) is 0 Å². The summed E-state index contributed by atoms with van der Waals surface area (Å²) < 4.78 is 0.341. The van der Waals surface area contributed by atoms with Crippen LogP contribution in [0.3, 0.4) is 0 Å². The predicted octanol–water partition coefficient (Wildman–Crippen LogP) is 1.38. The molecule has 0 aliphatic heterocycles. The topological polar surface area (TPSA) is 82.2 Å². The molecular weight excluding hydrogens is 288 g/mol. The van der Waals surface area contributed by atoms with Crippen molar-refractivity contribution in [1.82, 2.24) is 4.98 Å². The Morgan fingerprint density at radius 3 is 2.71 bits per heavy atom. The third-order valence-corrected chi connectivity index (χ3v) is 3.59. The van der Waals surface area contributed by atoms with E-state index in [2.05, 4.69) is 26.2 Å². The second-order valence-corrected chi connectivity index (χ2v) is 5.09. The molecule has 1 heterocycles. The SMILES string of the molecule is O=C(Nc1c[nH]cc(Br)c1=O)C1(O)CCCC1. The summed E-state index contributed by atoms with van der Waals surface area (Å²) in [5.41, 5.74) is -1.49. The molecule has 2 rings (SSSR count). The van der Waals surface area contributed by atoms with Crippen LogP contribution in [0.15, 0.2) is 21.7 Å². The van der Waals surface area contributed by atoms with Gasteiger partial charge in [-0.05, 0) is 41.6 Å². The van der Waals surface area contributed by atoms with Gasteiger partial charge in [-0.2, -0.15) is 0 Å². The fourth-order valence-electron chi connectivity index (χ4n) is 1.98. The standard InChI is InChI=1S/C11H13BrN2O3/c12-7-5-13-6-8(9(7)15)14-10(16)11(17)3-1-2-4-11/h5-6,17H,1-4H2,(H,13,15)(H,14,16). The number of aromatic nitrogens is 1. The van der Waals surface area contributed by atoms with Gasteiger partial charge in [0.25, 0.3) is 5.91 Å². The molecule has 1 aliphatic rings. The van der Waals surface area contributed by atoms with Gasteiger partial charge in [0.05, 0.1) is 4.47 Å². The smallest absolute Gasteiger partial charge is 0.256 e. The number of H-pyrrole nitrogens is 1. The quantitative estimate of drug-likeness (QED) is 0.772. The molecule has 0 bridgehead atoms. The number of halogens is 1. The van der Waals surface area contributed by atoms with E-state index < -0.39 is 11.5 Å². The molecule has 17 heavy (non-hydrogen) atoms. The summed E-state index contributed by atoms with van der Waals surface area (Å²) in [5, 5.41) is 12.5. The molecule has 1 amide bonds. The first-order chi connectivity index (χ1) is 8.03. The Morgan fingerprint density at radius 2 is 2.06 bits per heavy atom. The summed E-state index contributed by atoms with van der Waals surface area (Å²) in [6.45, 7) is 0. The Hall–Kier alpha value is -1.14. The highest BCUT2D eigenvalue weighted by Gasteiger charge is 2.39. The highest BCUT2D eigenvalue weighted by atomic mass is 79.9. The molecule has 0 radical (unpaired) electrons. The summed E-state index contributed by atoms with van der Waals surface area (Å²) in [4.78, 5) is 26.3. The van der Waals surface area contributed by atoms with Crippen molar-refractivity contribution in [3.8, 4) is 0 Å². The van der Waals surface area contributed by atoms with Crippen LogP contribution < -0.4 is 10.7 Å². The first-order valence-corrected chi connectivity index (χ1v) is 6.23. The molecule has 6 heteroatoms. The number of carbonyl (C=O) groups is 1. The van der Waals surface area contributed by atoms with Crippen molar-refractivity contribution < 1.29 is 9.90 Å². The fourth-order valence-corrected chi connectivity index (χ4v) is 2.32. The zero-order valence-electron chi connectivity index (χ0n) is 9.12. The minimum Gasteiger partial charge on any atom is -0.380 e. The van der Waals surface area contributed by atoms with Crippen LogP contribution in [-0.4, -0.2) is 21.6 Å². The van der Waals surface area contributed by atoms with Gasteiger partial charge in [-0.3, -0.25) is 9.59 Å². The third-order valence-electron chi connectivity index (χ3n) is 3.00. The summed E-state index contributed by atoms with van der Waals surface area (Å²) >= 11 is 3.08. The van der Waals surface area contributed by atoms with E-state index in [0.29, 0.717) is 17.3 Å². The van der Waals surface area contributed by atoms with Gasteiger partial charge >= 0.3 is 0 Å². The highest BCUT2D eigenvalue weighted by Crippen LogP contribution is 2.30. The Kier molecular flexibility index (Phi) is 3.35. The second kappa shape index (κ2) is 4.62. The van der Waals surface area contributed by atoms with Gasteiger partial charge < -0.3 is 15.4 Å². The van der Waals surface area contributed by atoms with Gasteiger partial charge in [-0.25, -0.2) is 0 Å². The van der Waals surface area contributed by atoms with Crippen molar-refractivity contribution in [2.75, 3.05) is 5.32 Å². The molecule has 0 spiro atoms. The van der Waals surface area contributed by atoms with E-state index in [9.17, 15) is 14.7 Å². The monoisotopic (exact) mass is 300 g/mol. The normalized spacial score (nSPS) is 18.0. The molecule has 0 atom stereocenters. The minimum absolute atomic E-state index is 0.143. The summed E-state index contributed by atoms with van der Waals surface area (Å²) in [5.74, 6) is -0.501. The number of carbonyl (C=O) groups excluding carboxylic acids is 1. The van der Waals surface area contributed by atoms with Crippen molar-refractivity contribution >= 4 is 27.5 Å². The molecule has 1 aromatic rings. The van der Waals surface area contributed by atoms with Crippen LogP contribution in [0.1, 0.15) is 25.7 Å². The lowest BCUT2D eigenvalue weighted by Gasteiger charge is -2.20. The number of aliphatic hydroxyl groups is 1. The average Bonchev–Trinajstić information content (AvgIpc) is 2.73. The second-order valence-electron chi connectivity index (χ2n) is 4.24. The zero-order chi connectivity index (χ0) is 12.5. The molecule has 0 aromatic carbocycles. The van der Waals surface area contributed by atoms with E-state index in [0.717, 1.165) is 12.8 Å². The fraction of sp³-hybridized carbons (Fsp3) is 0.455. The lowest BCUT2D eigenvalue weighted by molar-refractivity contribution is -0.133. The maximum absolute atomic E-state index is 11.9. The van der Waals surface area contributed by atoms with Crippen molar-refractivity contribution in [3.05, 3.63) is 27.1 Å². The molecule has 92 valence electrons. The lowest BCUT2D eigenvalue weighted by Crippen LogP contribution is -2.41. The molecule has 0 unspecified atom stereocenters. The molecule has 1 aromatic heterocycles. The number of anilines is 1. The van der Waals surface area contributed by atoms with Crippen LogP contribution in [0.4, 0.5) is 5.69 Å². The number of hydrogen-bond acceptors (Lipinski definition) is 3. The van der Waals surface area contributed by atoms with E-state index in [1.165, 1.54) is 12.4 Å².